The highest BCUT2D eigenvalue weighted by Crippen LogP contribution is 2.08. The number of ether oxygens (including phenoxy) is 1. The van der Waals surface area contributed by atoms with Crippen LogP contribution in [0, 0.1) is 0 Å². The molecule has 0 saturated carbocycles. The summed E-state index contributed by atoms with van der Waals surface area (Å²) in [6.07, 6.45) is 4.03. The second kappa shape index (κ2) is 8.03. The van der Waals surface area contributed by atoms with Gasteiger partial charge in [0.25, 0.3) is 5.91 Å². The van der Waals surface area contributed by atoms with E-state index in [2.05, 4.69) is 17.2 Å². The summed E-state index contributed by atoms with van der Waals surface area (Å²) < 4.78 is 27.5. The van der Waals surface area contributed by atoms with E-state index in [1.807, 2.05) is 0 Å². The quantitative estimate of drug-likeness (QED) is 0.579. The van der Waals surface area contributed by atoms with E-state index in [4.69, 9.17) is 9.88 Å². The van der Waals surface area contributed by atoms with Gasteiger partial charge < -0.3 is 15.0 Å². The number of carbonyl (C=O) groups excluding carboxylic acids is 1. The lowest BCUT2D eigenvalue weighted by atomic mass is 10.3. The Morgan fingerprint density at radius 2 is 2.10 bits per heavy atom. The average molecular weight is 303 g/mol. The van der Waals surface area contributed by atoms with Gasteiger partial charge in [0, 0.05) is 26.0 Å². The normalized spacial score (nSPS) is 11.5. The summed E-state index contributed by atoms with van der Waals surface area (Å²) in [5.41, 5.74) is 0.168. The third-order valence-corrected chi connectivity index (χ3v) is 3.52. The number of unbranched alkanes of at least 4 members (excludes halogenated alkanes) is 1. The molecular weight excluding hydrogens is 282 g/mol. The van der Waals surface area contributed by atoms with Crippen LogP contribution in [0.3, 0.4) is 0 Å². The molecule has 0 saturated heterocycles. The molecule has 1 aromatic rings. The molecule has 1 amide bonds. The average Bonchev–Trinajstić information content (AvgIpc) is 2.87. The van der Waals surface area contributed by atoms with Gasteiger partial charge in [0.05, 0.1) is 4.90 Å². The summed E-state index contributed by atoms with van der Waals surface area (Å²) in [5.74, 6) is -0.367. The number of primary sulfonamides is 1. The van der Waals surface area contributed by atoms with Gasteiger partial charge in [0.1, 0.15) is 5.69 Å². The molecule has 1 aromatic heterocycles. The van der Waals surface area contributed by atoms with Gasteiger partial charge in [-0.05, 0) is 18.9 Å². The van der Waals surface area contributed by atoms with Crippen LogP contribution in [0.25, 0.3) is 0 Å². The Kier molecular flexibility index (Phi) is 6.69. The molecular formula is C12H21N3O4S. The van der Waals surface area contributed by atoms with Gasteiger partial charge in [-0.15, -0.1) is 0 Å². The molecule has 0 bridgehead atoms. The van der Waals surface area contributed by atoms with E-state index >= 15 is 0 Å². The summed E-state index contributed by atoms with van der Waals surface area (Å²) in [4.78, 5) is 14.2. The number of aromatic amines is 1. The van der Waals surface area contributed by atoms with Crippen LogP contribution in [0.5, 0.6) is 0 Å². The number of aromatic nitrogens is 1. The fraction of sp³-hybridized carbons (Fsp3) is 0.583. The van der Waals surface area contributed by atoms with E-state index in [0.717, 1.165) is 19.4 Å². The predicted octanol–water partition coefficient (Wildman–Crippen LogP) is 0.599. The molecule has 7 nitrogen and oxygen atoms in total. The van der Waals surface area contributed by atoms with Crippen molar-refractivity contribution in [2.75, 3.05) is 19.8 Å². The second-order valence-corrected chi connectivity index (χ2v) is 5.93. The molecule has 0 unspecified atom stereocenters. The first-order valence-electron chi connectivity index (χ1n) is 6.52. The molecule has 1 heterocycles. The molecule has 0 aliphatic rings. The lowest BCUT2D eigenvalue weighted by Gasteiger charge is -2.04. The van der Waals surface area contributed by atoms with Gasteiger partial charge in [0.15, 0.2) is 0 Å². The van der Waals surface area contributed by atoms with Crippen molar-refractivity contribution in [1.82, 2.24) is 10.3 Å². The molecule has 0 spiro atoms. The number of amides is 1. The third-order valence-electron chi connectivity index (χ3n) is 2.62. The van der Waals surface area contributed by atoms with Crippen LogP contribution in [0.2, 0.25) is 0 Å². The van der Waals surface area contributed by atoms with E-state index in [9.17, 15) is 13.2 Å². The number of sulfonamides is 1. The number of carbonyl (C=O) groups is 1. The fourth-order valence-corrected chi connectivity index (χ4v) is 1.99. The smallest absolute Gasteiger partial charge is 0.267 e. The molecule has 0 radical (unpaired) electrons. The Labute approximate surface area is 118 Å². The minimum atomic E-state index is -3.78. The molecule has 8 heteroatoms. The van der Waals surface area contributed by atoms with Gasteiger partial charge in [-0.25, -0.2) is 13.6 Å². The Hall–Kier alpha value is -1.38. The predicted molar refractivity (Wildman–Crippen MR) is 74.8 cm³/mol. The first kappa shape index (κ1) is 16.7. The van der Waals surface area contributed by atoms with Crippen LogP contribution in [0.1, 0.15) is 36.7 Å². The van der Waals surface area contributed by atoms with E-state index in [-0.39, 0.29) is 16.5 Å². The summed E-state index contributed by atoms with van der Waals surface area (Å²) >= 11 is 0. The first-order valence-corrected chi connectivity index (χ1v) is 8.07. The van der Waals surface area contributed by atoms with Gasteiger partial charge in [-0.2, -0.15) is 0 Å². The number of nitrogens with one attached hydrogen (secondary N) is 2. The minimum absolute atomic E-state index is 0.106. The molecule has 4 N–H and O–H groups in total. The lowest BCUT2D eigenvalue weighted by Crippen LogP contribution is -2.25. The van der Waals surface area contributed by atoms with Gasteiger partial charge in [0.2, 0.25) is 10.0 Å². The van der Waals surface area contributed by atoms with Crippen LogP contribution < -0.4 is 10.5 Å². The number of rotatable bonds is 9. The van der Waals surface area contributed by atoms with Crippen molar-refractivity contribution in [2.45, 2.75) is 31.1 Å². The summed E-state index contributed by atoms with van der Waals surface area (Å²) in [6, 6.07) is 1.21. The van der Waals surface area contributed by atoms with Crippen molar-refractivity contribution in [3.8, 4) is 0 Å². The zero-order chi connectivity index (χ0) is 15.0. The lowest BCUT2D eigenvalue weighted by molar-refractivity contribution is 0.0936. The topological polar surface area (TPSA) is 114 Å². The zero-order valence-corrected chi connectivity index (χ0v) is 12.3. The second-order valence-electron chi connectivity index (χ2n) is 4.37. The van der Waals surface area contributed by atoms with Crippen LogP contribution in [-0.4, -0.2) is 39.1 Å². The third kappa shape index (κ3) is 5.72. The van der Waals surface area contributed by atoms with Crippen LogP contribution in [-0.2, 0) is 14.8 Å². The highest BCUT2D eigenvalue weighted by Gasteiger charge is 2.14. The molecule has 1 rings (SSSR count). The van der Waals surface area contributed by atoms with E-state index in [1.165, 1.54) is 12.3 Å². The largest absolute Gasteiger partial charge is 0.381 e. The van der Waals surface area contributed by atoms with Crippen LogP contribution in [0.4, 0.5) is 0 Å². The standard InChI is InChI=1S/C12H21N3O4S/c1-2-3-6-19-7-4-5-14-12(16)11-8-10(9-15-11)20(13,17)18/h8-9,15H,2-7H2,1H3,(H,14,16)(H2,13,17,18). The number of hydrogen-bond acceptors (Lipinski definition) is 4. The number of hydrogen-bond donors (Lipinski definition) is 3. The Bertz CT molecular complexity index is 525. The van der Waals surface area contributed by atoms with Gasteiger partial charge >= 0.3 is 0 Å². The van der Waals surface area contributed by atoms with E-state index in [1.54, 1.807) is 0 Å². The molecule has 0 aromatic carbocycles. The van der Waals surface area contributed by atoms with Gasteiger partial charge in [-0.1, -0.05) is 13.3 Å². The van der Waals surface area contributed by atoms with Gasteiger partial charge in [-0.3, -0.25) is 4.79 Å². The van der Waals surface area contributed by atoms with Crippen molar-refractivity contribution < 1.29 is 17.9 Å². The number of nitrogens with two attached hydrogens (primary N) is 1. The van der Waals surface area contributed by atoms with E-state index in [0.29, 0.717) is 19.6 Å². The Morgan fingerprint density at radius 1 is 1.40 bits per heavy atom. The van der Waals surface area contributed by atoms with Crippen molar-refractivity contribution in [3.05, 3.63) is 18.0 Å². The fourth-order valence-electron chi connectivity index (χ4n) is 1.49. The van der Waals surface area contributed by atoms with Crippen molar-refractivity contribution in [2.24, 2.45) is 5.14 Å². The Balaban J connectivity index is 2.28. The van der Waals surface area contributed by atoms with Crippen LogP contribution in [0.15, 0.2) is 17.2 Å². The molecule has 0 fully saturated rings. The molecule has 0 atom stereocenters. The summed E-state index contributed by atoms with van der Waals surface area (Å²) in [6.45, 7) is 3.89. The van der Waals surface area contributed by atoms with Crippen molar-refractivity contribution in [1.29, 1.82) is 0 Å². The number of H-pyrrole nitrogens is 1. The van der Waals surface area contributed by atoms with Crippen molar-refractivity contribution in [3.63, 3.8) is 0 Å². The van der Waals surface area contributed by atoms with Crippen molar-refractivity contribution >= 4 is 15.9 Å². The maximum Gasteiger partial charge on any atom is 0.267 e. The molecule has 20 heavy (non-hydrogen) atoms. The monoisotopic (exact) mass is 303 g/mol. The zero-order valence-electron chi connectivity index (χ0n) is 11.5. The minimum Gasteiger partial charge on any atom is -0.381 e. The maximum absolute atomic E-state index is 11.7. The highest BCUT2D eigenvalue weighted by molar-refractivity contribution is 7.89. The molecule has 0 aliphatic heterocycles. The summed E-state index contributed by atoms with van der Waals surface area (Å²) in [7, 11) is -3.78. The summed E-state index contributed by atoms with van der Waals surface area (Å²) in [5, 5.41) is 7.62. The first-order chi connectivity index (χ1) is 9.45. The molecule has 114 valence electrons. The van der Waals surface area contributed by atoms with Crippen LogP contribution >= 0.6 is 0 Å². The van der Waals surface area contributed by atoms with E-state index < -0.39 is 10.0 Å². The Morgan fingerprint density at radius 3 is 2.70 bits per heavy atom. The maximum atomic E-state index is 11.7. The SMILES string of the molecule is CCCCOCCCNC(=O)c1cc(S(N)(=O)=O)c[nH]1. The highest BCUT2D eigenvalue weighted by atomic mass is 32.2. The molecule has 0 aliphatic carbocycles.